The highest BCUT2D eigenvalue weighted by molar-refractivity contribution is 5.86. The van der Waals surface area contributed by atoms with Crippen LogP contribution in [0.25, 0.3) is 10.9 Å². The third kappa shape index (κ3) is 3.84. The Kier molecular flexibility index (Phi) is 5.20. The molecule has 1 N–H and O–H groups in total. The summed E-state index contributed by atoms with van der Waals surface area (Å²) in [6.07, 6.45) is 0. The van der Waals surface area contributed by atoms with E-state index in [1.807, 2.05) is 0 Å². The zero-order valence-electron chi connectivity index (χ0n) is 14.7. The van der Waals surface area contributed by atoms with Gasteiger partial charge < -0.3 is 10.1 Å². The second kappa shape index (κ2) is 6.76. The fourth-order valence-electron chi connectivity index (χ4n) is 2.68. The van der Waals surface area contributed by atoms with Crippen molar-refractivity contribution in [2.75, 3.05) is 20.3 Å². The molecule has 2 aromatic rings. The van der Waals surface area contributed by atoms with Crippen LogP contribution in [0, 0.1) is 13.8 Å². The topological polar surface area (TPSA) is 34.1 Å². The standard InChI is InChI=1S/C19H28N2O/c1-13-9-14(2)18-16(10-13)15(12-20-7-8-22-6)11-17(21-18)19(3,4)5/h9-11,20H,7-8,12H2,1-6H3. The van der Waals surface area contributed by atoms with Crippen molar-refractivity contribution in [1.82, 2.24) is 10.3 Å². The number of rotatable bonds is 5. The predicted octanol–water partition coefficient (Wildman–Crippen LogP) is 3.89. The maximum Gasteiger partial charge on any atom is 0.0738 e. The normalized spacial score (nSPS) is 12.1. The summed E-state index contributed by atoms with van der Waals surface area (Å²) >= 11 is 0. The van der Waals surface area contributed by atoms with Crippen molar-refractivity contribution in [2.24, 2.45) is 0 Å². The molecule has 1 aromatic carbocycles. The average Bonchev–Trinajstić information content (AvgIpc) is 2.42. The lowest BCUT2D eigenvalue weighted by atomic mass is 9.89. The summed E-state index contributed by atoms with van der Waals surface area (Å²) in [5.41, 5.74) is 6.18. The van der Waals surface area contributed by atoms with E-state index in [-0.39, 0.29) is 5.41 Å². The molecule has 0 atom stereocenters. The van der Waals surface area contributed by atoms with Gasteiger partial charge in [-0.3, -0.25) is 4.98 Å². The van der Waals surface area contributed by atoms with E-state index in [2.05, 4.69) is 58.1 Å². The molecular weight excluding hydrogens is 272 g/mol. The molecule has 0 radical (unpaired) electrons. The van der Waals surface area contributed by atoms with Crippen molar-refractivity contribution in [2.45, 2.75) is 46.6 Å². The number of hydrogen-bond acceptors (Lipinski definition) is 3. The van der Waals surface area contributed by atoms with Crippen molar-refractivity contribution in [3.8, 4) is 0 Å². The molecule has 0 aliphatic carbocycles. The number of aromatic nitrogens is 1. The number of nitrogens with zero attached hydrogens (tertiary/aromatic N) is 1. The van der Waals surface area contributed by atoms with Gasteiger partial charge in [0.15, 0.2) is 0 Å². The van der Waals surface area contributed by atoms with Crippen LogP contribution < -0.4 is 5.32 Å². The van der Waals surface area contributed by atoms with E-state index < -0.39 is 0 Å². The molecule has 2 rings (SSSR count). The number of hydrogen-bond donors (Lipinski definition) is 1. The lowest BCUT2D eigenvalue weighted by Crippen LogP contribution is -2.20. The number of benzene rings is 1. The minimum Gasteiger partial charge on any atom is -0.383 e. The van der Waals surface area contributed by atoms with Crippen molar-refractivity contribution < 1.29 is 4.74 Å². The fraction of sp³-hybridized carbons (Fsp3) is 0.526. The Morgan fingerprint density at radius 3 is 2.50 bits per heavy atom. The SMILES string of the molecule is COCCNCc1cc(C(C)(C)C)nc2c(C)cc(C)cc12. The highest BCUT2D eigenvalue weighted by Gasteiger charge is 2.18. The third-order valence-electron chi connectivity index (χ3n) is 3.90. The molecule has 120 valence electrons. The minimum atomic E-state index is 0.0484. The summed E-state index contributed by atoms with van der Waals surface area (Å²) in [5, 5.41) is 4.72. The number of aryl methyl sites for hydroxylation is 2. The molecule has 0 saturated heterocycles. The van der Waals surface area contributed by atoms with Crippen LogP contribution >= 0.6 is 0 Å². The van der Waals surface area contributed by atoms with Crippen molar-refractivity contribution >= 4 is 10.9 Å². The second-order valence-electron chi connectivity index (χ2n) is 7.06. The van der Waals surface area contributed by atoms with E-state index in [0.29, 0.717) is 0 Å². The van der Waals surface area contributed by atoms with Gasteiger partial charge in [0, 0.05) is 36.7 Å². The summed E-state index contributed by atoms with van der Waals surface area (Å²) in [6.45, 7) is 13.4. The molecule has 22 heavy (non-hydrogen) atoms. The van der Waals surface area contributed by atoms with E-state index in [0.717, 1.165) is 30.9 Å². The van der Waals surface area contributed by atoms with Crippen LogP contribution in [0.5, 0.6) is 0 Å². The third-order valence-corrected chi connectivity index (χ3v) is 3.90. The Morgan fingerprint density at radius 2 is 1.86 bits per heavy atom. The molecule has 0 bridgehead atoms. The molecular formula is C19H28N2O. The van der Waals surface area contributed by atoms with E-state index in [1.165, 1.54) is 22.1 Å². The Labute approximate surface area is 134 Å². The maximum absolute atomic E-state index is 5.11. The highest BCUT2D eigenvalue weighted by atomic mass is 16.5. The molecule has 3 heteroatoms. The van der Waals surface area contributed by atoms with Gasteiger partial charge in [-0.1, -0.05) is 32.4 Å². The first-order chi connectivity index (χ1) is 10.3. The quantitative estimate of drug-likeness (QED) is 0.851. The molecule has 0 aliphatic rings. The Balaban J connectivity index is 2.50. The van der Waals surface area contributed by atoms with Gasteiger partial charge in [0.25, 0.3) is 0 Å². The zero-order valence-corrected chi connectivity index (χ0v) is 14.7. The smallest absolute Gasteiger partial charge is 0.0738 e. The van der Waals surface area contributed by atoms with Gasteiger partial charge in [0.1, 0.15) is 0 Å². The minimum absolute atomic E-state index is 0.0484. The van der Waals surface area contributed by atoms with Gasteiger partial charge >= 0.3 is 0 Å². The molecule has 0 aliphatic heterocycles. The molecule has 1 heterocycles. The number of ether oxygens (including phenoxy) is 1. The number of pyridine rings is 1. The molecule has 0 saturated carbocycles. The fourth-order valence-corrected chi connectivity index (χ4v) is 2.68. The lowest BCUT2D eigenvalue weighted by Gasteiger charge is -2.21. The number of nitrogens with one attached hydrogen (secondary N) is 1. The molecule has 0 spiro atoms. The Morgan fingerprint density at radius 1 is 1.14 bits per heavy atom. The van der Waals surface area contributed by atoms with Crippen LogP contribution in [0.2, 0.25) is 0 Å². The molecule has 0 unspecified atom stereocenters. The first-order valence-corrected chi connectivity index (χ1v) is 7.94. The van der Waals surface area contributed by atoms with Gasteiger partial charge in [-0.15, -0.1) is 0 Å². The van der Waals surface area contributed by atoms with Crippen LogP contribution in [0.1, 0.15) is 43.2 Å². The van der Waals surface area contributed by atoms with Gasteiger partial charge in [-0.2, -0.15) is 0 Å². The lowest BCUT2D eigenvalue weighted by molar-refractivity contribution is 0.199. The summed E-state index contributed by atoms with van der Waals surface area (Å²) in [7, 11) is 1.73. The predicted molar refractivity (Wildman–Crippen MR) is 93.5 cm³/mol. The summed E-state index contributed by atoms with van der Waals surface area (Å²) in [6, 6.07) is 6.71. The van der Waals surface area contributed by atoms with Gasteiger partial charge in [-0.25, -0.2) is 0 Å². The van der Waals surface area contributed by atoms with E-state index >= 15 is 0 Å². The first-order valence-electron chi connectivity index (χ1n) is 7.94. The van der Waals surface area contributed by atoms with E-state index in [9.17, 15) is 0 Å². The first kappa shape index (κ1) is 16.9. The Bertz CT molecular complexity index is 657. The van der Waals surface area contributed by atoms with Crippen LogP contribution in [0.15, 0.2) is 18.2 Å². The monoisotopic (exact) mass is 300 g/mol. The van der Waals surface area contributed by atoms with Crippen LogP contribution in [0.4, 0.5) is 0 Å². The largest absolute Gasteiger partial charge is 0.383 e. The van der Waals surface area contributed by atoms with Crippen LogP contribution in [-0.4, -0.2) is 25.2 Å². The number of methoxy groups -OCH3 is 1. The highest BCUT2D eigenvalue weighted by Crippen LogP contribution is 2.28. The van der Waals surface area contributed by atoms with Crippen molar-refractivity contribution in [3.05, 3.63) is 40.6 Å². The van der Waals surface area contributed by atoms with Crippen LogP contribution in [0.3, 0.4) is 0 Å². The summed E-state index contributed by atoms with van der Waals surface area (Å²) in [4.78, 5) is 4.94. The molecule has 0 fully saturated rings. The van der Waals surface area contributed by atoms with Gasteiger partial charge in [-0.05, 0) is 37.1 Å². The molecule has 1 aromatic heterocycles. The van der Waals surface area contributed by atoms with Crippen LogP contribution in [-0.2, 0) is 16.7 Å². The summed E-state index contributed by atoms with van der Waals surface area (Å²) in [5.74, 6) is 0. The van der Waals surface area contributed by atoms with Gasteiger partial charge in [0.2, 0.25) is 0 Å². The summed E-state index contributed by atoms with van der Waals surface area (Å²) < 4.78 is 5.11. The van der Waals surface area contributed by atoms with E-state index in [1.54, 1.807) is 7.11 Å². The average molecular weight is 300 g/mol. The second-order valence-corrected chi connectivity index (χ2v) is 7.06. The maximum atomic E-state index is 5.11. The zero-order chi connectivity index (χ0) is 16.3. The van der Waals surface area contributed by atoms with Crippen molar-refractivity contribution in [1.29, 1.82) is 0 Å². The van der Waals surface area contributed by atoms with Gasteiger partial charge in [0.05, 0.1) is 12.1 Å². The number of fused-ring (bicyclic) bond motifs is 1. The molecule has 3 nitrogen and oxygen atoms in total. The van der Waals surface area contributed by atoms with Crippen molar-refractivity contribution in [3.63, 3.8) is 0 Å². The Hall–Kier alpha value is -1.45. The molecule has 0 amide bonds. The van der Waals surface area contributed by atoms with E-state index in [4.69, 9.17) is 9.72 Å².